The van der Waals surface area contributed by atoms with Crippen molar-refractivity contribution in [2.45, 2.75) is 19.1 Å². The molecule has 166 valence electrons. The van der Waals surface area contributed by atoms with E-state index in [0.717, 1.165) is 40.5 Å². The molecule has 3 heterocycles. The van der Waals surface area contributed by atoms with Crippen molar-refractivity contribution in [2.75, 3.05) is 19.4 Å². The fourth-order valence-corrected chi connectivity index (χ4v) is 3.97. The van der Waals surface area contributed by atoms with Crippen molar-refractivity contribution in [3.05, 3.63) is 90.4 Å². The summed E-state index contributed by atoms with van der Waals surface area (Å²) in [5.74, 6) is 0.501. The maximum atomic E-state index is 13.7. The number of rotatable bonds is 6. The number of fused-ring (bicyclic) bond motifs is 1. The van der Waals surface area contributed by atoms with Gasteiger partial charge in [0.25, 0.3) is 0 Å². The monoisotopic (exact) mass is 440 g/mol. The summed E-state index contributed by atoms with van der Waals surface area (Å²) in [6, 6.07) is 15.9. The van der Waals surface area contributed by atoms with E-state index in [2.05, 4.69) is 27.3 Å². The first-order valence-corrected chi connectivity index (χ1v) is 10.9. The minimum atomic E-state index is -0.957. The number of halogens is 1. The number of allylic oxidation sites excluding steroid dienone is 4. The van der Waals surface area contributed by atoms with E-state index in [-0.39, 0.29) is 0 Å². The lowest BCUT2D eigenvalue weighted by molar-refractivity contribution is 0.402. The first-order valence-electron chi connectivity index (χ1n) is 10.9. The number of benzene rings is 1. The molecule has 1 atom stereocenters. The summed E-state index contributed by atoms with van der Waals surface area (Å²) >= 11 is 0. The Hall–Kier alpha value is -3.84. The molecule has 0 spiro atoms. The zero-order valence-corrected chi connectivity index (χ0v) is 18.6. The van der Waals surface area contributed by atoms with Gasteiger partial charge in [-0.3, -0.25) is 4.40 Å². The largest absolute Gasteiger partial charge is 0.324 e. The molecule has 5 rings (SSSR count). The molecule has 1 aliphatic carbocycles. The molecule has 1 unspecified atom stereocenters. The van der Waals surface area contributed by atoms with Crippen LogP contribution in [0, 0.1) is 0 Å². The van der Waals surface area contributed by atoms with Gasteiger partial charge in [0.15, 0.2) is 0 Å². The first-order chi connectivity index (χ1) is 16.1. The number of para-hydroxylation sites is 1. The number of hydrogen-bond acceptors (Lipinski definition) is 5. The van der Waals surface area contributed by atoms with Gasteiger partial charge in [0, 0.05) is 31.0 Å². The molecule has 33 heavy (non-hydrogen) atoms. The number of hydrogen-bond donors (Lipinski definition) is 1. The molecule has 0 radical (unpaired) electrons. The van der Waals surface area contributed by atoms with Crippen molar-refractivity contribution >= 4 is 22.9 Å². The number of aromatic nitrogens is 4. The Morgan fingerprint density at radius 3 is 2.73 bits per heavy atom. The van der Waals surface area contributed by atoms with Gasteiger partial charge in [-0.05, 0) is 61.6 Å². The van der Waals surface area contributed by atoms with E-state index in [9.17, 15) is 4.39 Å². The molecular weight excluding hydrogens is 415 g/mol. The topological polar surface area (TPSA) is 58.4 Å². The van der Waals surface area contributed by atoms with Crippen LogP contribution in [0.4, 0.5) is 16.0 Å². The third kappa shape index (κ3) is 4.54. The van der Waals surface area contributed by atoms with Gasteiger partial charge in [-0.1, -0.05) is 30.4 Å². The summed E-state index contributed by atoms with van der Waals surface area (Å²) in [6.45, 7) is 0.818. The minimum Gasteiger partial charge on any atom is -0.324 e. The van der Waals surface area contributed by atoms with E-state index in [4.69, 9.17) is 9.97 Å². The highest BCUT2D eigenvalue weighted by atomic mass is 19.1. The van der Waals surface area contributed by atoms with Crippen LogP contribution < -0.4 is 5.32 Å². The molecule has 3 aromatic heterocycles. The predicted octanol–water partition coefficient (Wildman–Crippen LogP) is 5.28. The van der Waals surface area contributed by atoms with Crippen LogP contribution in [-0.4, -0.2) is 44.5 Å². The van der Waals surface area contributed by atoms with Crippen molar-refractivity contribution in [3.8, 4) is 11.4 Å². The SMILES string of the molecule is CN(C)Cc1ccn2c(-c3ccnc(Nc4ccccc4)n3)c(C3=CCC(F)C=C3)nc2c1. The van der Waals surface area contributed by atoms with Crippen LogP contribution in [0.2, 0.25) is 0 Å². The first kappa shape index (κ1) is 21.0. The molecule has 0 bridgehead atoms. The molecule has 7 heteroatoms. The van der Waals surface area contributed by atoms with Gasteiger partial charge < -0.3 is 10.2 Å². The van der Waals surface area contributed by atoms with Crippen LogP contribution >= 0.6 is 0 Å². The second kappa shape index (κ2) is 8.96. The third-order valence-electron chi connectivity index (χ3n) is 5.44. The molecule has 0 fully saturated rings. The lowest BCUT2D eigenvalue weighted by Crippen LogP contribution is -2.10. The summed E-state index contributed by atoms with van der Waals surface area (Å²) in [4.78, 5) is 16.2. The van der Waals surface area contributed by atoms with Gasteiger partial charge in [0.2, 0.25) is 5.95 Å². The van der Waals surface area contributed by atoms with Crippen LogP contribution in [-0.2, 0) is 6.54 Å². The summed E-state index contributed by atoms with van der Waals surface area (Å²) < 4.78 is 15.8. The van der Waals surface area contributed by atoms with E-state index in [1.54, 1.807) is 12.3 Å². The molecule has 0 saturated heterocycles. The highest BCUT2D eigenvalue weighted by Gasteiger charge is 2.20. The maximum Gasteiger partial charge on any atom is 0.227 e. The van der Waals surface area contributed by atoms with E-state index in [0.29, 0.717) is 12.4 Å². The maximum absolute atomic E-state index is 13.7. The zero-order valence-electron chi connectivity index (χ0n) is 18.6. The van der Waals surface area contributed by atoms with Crippen LogP contribution in [0.1, 0.15) is 17.7 Å². The molecule has 4 aromatic rings. The molecule has 1 N–H and O–H groups in total. The second-order valence-corrected chi connectivity index (χ2v) is 8.34. The fraction of sp³-hybridized carbons (Fsp3) is 0.192. The lowest BCUT2D eigenvalue weighted by Gasteiger charge is -2.12. The van der Waals surface area contributed by atoms with Gasteiger partial charge in [0.1, 0.15) is 11.8 Å². The van der Waals surface area contributed by atoms with Crippen molar-refractivity contribution in [3.63, 3.8) is 0 Å². The predicted molar refractivity (Wildman–Crippen MR) is 130 cm³/mol. The van der Waals surface area contributed by atoms with Crippen LogP contribution in [0.3, 0.4) is 0 Å². The van der Waals surface area contributed by atoms with E-state index >= 15 is 0 Å². The Morgan fingerprint density at radius 1 is 1.12 bits per heavy atom. The number of nitrogens with one attached hydrogen (secondary N) is 1. The van der Waals surface area contributed by atoms with Gasteiger partial charge >= 0.3 is 0 Å². The van der Waals surface area contributed by atoms with Crippen LogP contribution in [0.25, 0.3) is 22.6 Å². The Kier molecular flexibility index (Phi) is 5.71. The Labute approximate surface area is 192 Å². The summed E-state index contributed by atoms with van der Waals surface area (Å²) in [7, 11) is 4.08. The lowest BCUT2D eigenvalue weighted by atomic mass is 10.0. The van der Waals surface area contributed by atoms with Crippen LogP contribution in [0.15, 0.2) is 79.2 Å². The highest BCUT2D eigenvalue weighted by Crippen LogP contribution is 2.32. The smallest absolute Gasteiger partial charge is 0.227 e. The molecular formula is C26H25FN6. The number of alkyl halides is 1. The number of imidazole rings is 1. The summed E-state index contributed by atoms with van der Waals surface area (Å²) in [6.07, 6.45) is 8.45. The third-order valence-corrected chi connectivity index (χ3v) is 5.44. The standard InChI is InChI=1S/C26H25FN6/c1-32(2)17-18-13-15-33-23(16-18)31-24(19-8-10-20(27)11-9-19)25(33)22-12-14-28-26(30-22)29-21-6-4-3-5-7-21/h3-10,12-16,20H,11,17H2,1-2H3,(H,28,29,30). The second-order valence-electron chi connectivity index (χ2n) is 8.34. The Bertz CT molecular complexity index is 1340. The van der Waals surface area contributed by atoms with Crippen molar-refractivity contribution in [1.82, 2.24) is 24.3 Å². The zero-order chi connectivity index (χ0) is 22.8. The minimum absolute atomic E-state index is 0.343. The van der Waals surface area contributed by atoms with Gasteiger partial charge in [-0.15, -0.1) is 0 Å². The molecule has 1 aromatic carbocycles. The van der Waals surface area contributed by atoms with Gasteiger partial charge in [-0.25, -0.2) is 19.3 Å². The molecule has 0 amide bonds. The highest BCUT2D eigenvalue weighted by molar-refractivity contribution is 5.84. The van der Waals surface area contributed by atoms with Crippen molar-refractivity contribution in [2.24, 2.45) is 0 Å². The van der Waals surface area contributed by atoms with Gasteiger partial charge in [-0.2, -0.15) is 0 Å². The van der Waals surface area contributed by atoms with Crippen LogP contribution in [0.5, 0.6) is 0 Å². The fourth-order valence-electron chi connectivity index (χ4n) is 3.97. The number of anilines is 2. The average molecular weight is 441 g/mol. The van der Waals surface area contributed by atoms with E-state index in [1.165, 1.54) is 5.56 Å². The molecule has 1 aliphatic rings. The van der Waals surface area contributed by atoms with Gasteiger partial charge in [0.05, 0.1) is 17.1 Å². The summed E-state index contributed by atoms with van der Waals surface area (Å²) in [5, 5.41) is 3.25. The molecule has 6 nitrogen and oxygen atoms in total. The normalized spacial score (nSPS) is 15.8. The number of pyridine rings is 1. The number of nitrogens with zero attached hydrogens (tertiary/aromatic N) is 5. The summed E-state index contributed by atoms with van der Waals surface area (Å²) in [5.41, 5.74) is 6.18. The van der Waals surface area contributed by atoms with E-state index < -0.39 is 6.17 Å². The Balaban J connectivity index is 1.62. The Morgan fingerprint density at radius 2 is 1.97 bits per heavy atom. The molecule has 0 aliphatic heterocycles. The van der Waals surface area contributed by atoms with Crippen molar-refractivity contribution in [1.29, 1.82) is 0 Å². The van der Waals surface area contributed by atoms with Crippen molar-refractivity contribution < 1.29 is 4.39 Å². The van der Waals surface area contributed by atoms with E-state index in [1.807, 2.05) is 73.2 Å². The average Bonchev–Trinajstić information content (AvgIpc) is 3.19. The quantitative estimate of drug-likeness (QED) is 0.442. The molecule has 0 saturated carbocycles.